The molecule has 1 aromatic heterocycles. The van der Waals surface area contributed by atoms with E-state index < -0.39 is 47.1 Å². The summed E-state index contributed by atoms with van der Waals surface area (Å²) in [7, 11) is 2.77. The van der Waals surface area contributed by atoms with Crippen molar-refractivity contribution in [2.45, 2.75) is 18.2 Å². The predicted octanol–water partition coefficient (Wildman–Crippen LogP) is 3.70. The topological polar surface area (TPSA) is 129 Å². The van der Waals surface area contributed by atoms with Gasteiger partial charge in [-0.3, -0.25) is 14.9 Å². The minimum absolute atomic E-state index is 0.0616. The largest absolute Gasteiger partial charge is 0.497 e. The molecule has 10 nitrogen and oxygen atoms in total. The number of amides is 1. The van der Waals surface area contributed by atoms with E-state index in [1.165, 1.54) is 38.6 Å². The number of hydrogen-bond donors (Lipinski definition) is 2. The number of ether oxygens (including phenoxy) is 2. The number of nitrogens with one attached hydrogen (secondary N) is 1. The summed E-state index contributed by atoms with van der Waals surface area (Å²) in [6.07, 6.45) is -3.67. The molecule has 35 heavy (non-hydrogen) atoms. The van der Waals surface area contributed by atoms with Crippen LogP contribution in [0.2, 0.25) is 0 Å². The molecular formula is C22H21F3N4O6. The molecule has 0 saturated carbocycles. The molecule has 1 unspecified atom stereocenters. The molecule has 186 valence electrons. The number of carbonyl (C=O) groups is 1. The summed E-state index contributed by atoms with van der Waals surface area (Å²) in [5.41, 5.74) is -4.02. The second-order valence-electron chi connectivity index (χ2n) is 7.44. The first kappa shape index (κ1) is 25.5. The fourth-order valence-corrected chi connectivity index (χ4v) is 3.27. The Morgan fingerprint density at radius 1 is 1.20 bits per heavy atom. The molecule has 3 rings (SSSR count). The fraction of sp³-hybridized carbons (Fsp3) is 0.273. The minimum atomic E-state index is -5.08. The van der Waals surface area contributed by atoms with Gasteiger partial charge in [0.2, 0.25) is 5.60 Å². The first-order valence-corrected chi connectivity index (χ1v) is 10.1. The van der Waals surface area contributed by atoms with E-state index in [2.05, 4.69) is 10.3 Å². The number of rotatable bonds is 9. The number of aryl methyl sites for hydroxylation is 1. The molecule has 2 aromatic carbocycles. The summed E-state index contributed by atoms with van der Waals surface area (Å²) in [6, 6.07) is 9.54. The molecular weight excluding hydrogens is 473 g/mol. The van der Waals surface area contributed by atoms with Gasteiger partial charge >= 0.3 is 6.18 Å². The van der Waals surface area contributed by atoms with E-state index in [-0.39, 0.29) is 17.1 Å². The number of aromatic nitrogens is 2. The van der Waals surface area contributed by atoms with Crippen molar-refractivity contribution in [1.82, 2.24) is 14.9 Å². The van der Waals surface area contributed by atoms with Gasteiger partial charge < -0.3 is 24.5 Å². The first-order valence-electron chi connectivity index (χ1n) is 10.1. The van der Waals surface area contributed by atoms with Crippen LogP contribution in [0.1, 0.15) is 22.6 Å². The highest BCUT2D eigenvalue weighted by Gasteiger charge is 2.57. The number of aliphatic hydroxyl groups is 1. The number of carbonyl (C=O) groups excluding carboxylic acids is 1. The van der Waals surface area contributed by atoms with E-state index in [4.69, 9.17) is 9.47 Å². The smallest absolute Gasteiger partial charge is 0.424 e. The maximum Gasteiger partial charge on any atom is 0.424 e. The van der Waals surface area contributed by atoms with Gasteiger partial charge in [-0.25, -0.2) is 4.98 Å². The van der Waals surface area contributed by atoms with Crippen molar-refractivity contribution in [3.63, 3.8) is 0 Å². The highest BCUT2D eigenvalue weighted by Crippen LogP contribution is 2.40. The Hall–Kier alpha value is -4.13. The SMILES string of the molecule is COc1ccc(Oc2ccc([N+](=O)[O-])cc2C(=O)NCCC(O)(c2nccn2C)C(F)(F)F)cc1. The van der Waals surface area contributed by atoms with Crippen LogP contribution in [-0.2, 0) is 12.6 Å². The van der Waals surface area contributed by atoms with E-state index in [9.17, 15) is 33.2 Å². The van der Waals surface area contributed by atoms with Gasteiger partial charge in [-0.1, -0.05) is 0 Å². The lowest BCUT2D eigenvalue weighted by molar-refractivity contribution is -0.384. The van der Waals surface area contributed by atoms with Crippen molar-refractivity contribution >= 4 is 11.6 Å². The zero-order valence-electron chi connectivity index (χ0n) is 18.6. The van der Waals surface area contributed by atoms with Gasteiger partial charge in [0.15, 0.2) is 0 Å². The summed E-state index contributed by atoms with van der Waals surface area (Å²) in [5.74, 6) is -0.799. The van der Waals surface area contributed by atoms with E-state index >= 15 is 0 Å². The molecule has 1 amide bonds. The summed E-state index contributed by atoms with van der Waals surface area (Å²) >= 11 is 0. The van der Waals surface area contributed by atoms with Gasteiger partial charge in [-0.05, 0) is 30.3 Å². The Bertz CT molecular complexity index is 1210. The van der Waals surface area contributed by atoms with Crippen molar-refractivity contribution < 1.29 is 37.5 Å². The molecule has 0 aliphatic rings. The highest BCUT2D eigenvalue weighted by atomic mass is 19.4. The normalized spacial score (nSPS) is 13.1. The van der Waals surface area contributed by atoms with Crippen molar-refractivity contribution in [2.24, 2.45) is 7.05 Å². The fourth-order valence-electron chi connectivity index (χ4n) is 3.27. The second-order valence-corrected chi connectivity index (χ2v) is 7.44. The molecule has 0 aliphatic heterocycles. The number of alkyl halides is 3. The Balaban J connectivity index is 1.82. The average Bonchev–Trinajstić information content (AvgIpc) is 3.25. The zero-order valence-corrected chi connectivity index (χ0v) is 18.6. The number of nitro groups is 1. The first-order chi connectivity index (χ1) is 16.5. The Morgan fingerprint density at radius 3 is 2.40 bits per heavy atom. The van der Waals surface area contributed by atoms with Crippen LogP contribution in [0.15, 0.2) is 54.9 Å². The molecule has 0 spiro atoms. The van der Waals surface area contributed by atoms with Crippen LogP contribution >= 0.6 is 0 Å². The number of non-ortho nitro benzene ring substituents is 1. The van der Waals surface area contributed by atoms with Crippen LogP contribution in [0.3, 0.4) is 0 Å². The Morgan fingerprint density at radius 2 is 1.86 bits per heavy atom. The Kier molecular flexibility index (Phi) is 7.29. The molecule has 0 radical (unpaired) electrons. The Labute approximate surface area is 197 Å². The molecule has 1 heterocycles. The van der Waals surface area contributed by atoms with Gasteiger partial charge in [0.25, 0.3) is 11.6 Å². The van der Waals surface area contributed by atoms with Crippen molar-refractivity contribution in [2.75, 3.05) is 13.7 Å². The molecule has 0 fully saturated rings. The predicted molar refractivity (Wildman–Crippen MR) is 116 cm³/mol. The molecule has 2 N–H and O–H groups in total. The third-order valence-corrected chi connectivity index (χ3v) is 5.14. The number of imidazole rings is 1. The van der Waals surface area contributed by atoms with Crippen LogP contribution in [0, 0.1) is 10.1 Å². The van der Waals surface area contributed by atoms with Crippen LogP contribution in [-0.4, -0.2) is 45.3 Å². The number of halogens is 3. The number of benzene rings is 2. The maximum atomic E-state index is 13.7. The van der Waals surface area contributed by atoms with Crippen LogP contribution in [0.5, 0.6) is 17.2 Å². The van der Waals surface area contributed by atoms with Crippen molar-refractivity contribution in [3.05, 3.63) is 76.4 Å². The summed E-state index contributed by atoms with van der Waals surface area (Å²) in [6.45, 7) is -0.619. The van der Waals surface area contributed by atoms with Crippen LogP contribution in [0.25, 0.3) is 0 Å². The van der Waals surface area contributed by atoms with Crippen LogP contribution < -0.4 is 14.8 Å². The molecule has 0 saturated heterocycles. The lowest BCUT2D eigenvalue weighted by Gasteiger charge is -2.30. The summed E-state index contributed by atoms with van der Waals surface area (Å²) in [4.78, 5) is 26.9. The second kappa shape index (κ2) is 10.0. The number of methoxy groups -OCH3 is 1. The van der Waals surface area contributed by atoms with Gasteiger partial charge in [0, 0.05) is 44.5 Å². The molecule has 3 aromatic rings. The number of nitrogens with zero attached hydrogens (tertiary/aromatic N) is 3. The average molecular weight is 494 g/mol. The number of nitro benzene ring substituents is 1. The lowest BCUT2D eigenvalue weighted by atomic mass is 9.97. The van der Waals surface area contributed by atoms with Crippen molar-refractivity contribution in [3.8, 4) is 17.2 Å². The molecule has 1 atom stereocenters. The monoisotopic (exact) mass is 494 g/mol. The molecule has 0 aliphatic carbocycles. The van der Waals surface area contributed by atoms with Gasteiger partial charge in [-0.2, -0.15) is 13.2 Å². The lowest BCUT2D eigenvalue weighted by Crippen LogP contribution is -2.46. The van der Waals surface area contributed by atoms with Crippen LogP contribution in [0.4, 0.5) is 18.9 Å². The van der Waals surface area contributed by atoms with Gasteiger partial charge in [-0.15, -0.1) is 0 Å². The van der Waals surface area contributed by atoms with E-state index in [0.29, 0.717) is 5.75 Å². The molecule has 13 heteroatoms. The third-order valence-electron chi connectivity index (χ3n) is 5.14. The minimum Gasteiger partial charge on any atom is -0.497 e. The standard InChI is InChI=1S/C22H21F3N4O6/c1-28-12-11-27-20(28)21(31,22(23,24)25)9-10-26-19(30)17-13-14(29(32)33)3-8-18(17)35-16-6-4-15(34-2)5-7-16/h3-8,11-13,31H,9-10H2,1-2H3,(H,26,30). The maximum absolute atomic E-state index is 13.7. The zero-order chi connectivity index (χ0) is 25.8. The van der Waals surface area contributed by atoms with E-state index in [1.807, 2.05) is 0 Å². The third kappa shape index (κ3) is 5.51. The van der Waals surface area contributed by atoms with Gasteiger partial charge in [0.05, 0.1) is 17.6 Å². The van der Waals surface area contributed by atoms with E-state index in [0.717, 1.165) is 22.9 Å². The van der Waals surface area contributed by atoms with E-state index in [1.54, 1.807) is 12.1 Å². The molecule has 0 bridgehead atoms. The van der Waals surface area contributed by atoms with Crippen molar-refractivity contribution in [1.29, 1.82) is 0 Å². The highest BCUT2D eigenvalue weighted by molar-refractivity contribution is 5.97. The number of hydrogen-bond acceptors (Lipinski definition) is 7. The van der Waals surface area contributed by atoms with Gasteiger partial charge in [0.1, 0.15) is 23.1 Å². The quantitative estimate of drug-likeness (QED) is 0.343. The summed E-state index contributed by atoms with van der Waals surface area (Å²) < 4.78 is 52.8. The summed E-state index contributed by atoms with van der Waals surface area (Å²) in [5, 5.41) is 23.8.